The molecule has 4 heterocycles. The van der Waals surface area contributed by atoms with Crippen molar-refractivity contribution in [2.45, 2.75) is 32.9 Å². The molecule has 7 nitrogen and oxygen atoms in total. The zero-order chi connectivity index (χ0) is 16.5. The summed E-state index contributed by atoms with van der Waals surface area (Å²) in [5, 5.41) is 14.2. The van der Waals surface area contributed by atoms with Crippen LogP contribution in [0.2, 0.25) is 0 Å². The van der Waals surface area contributed by atoms with Gasteiger partial charge in [0.15, 0.2) is 11.3 Å². The molecule has 1 fully saturated rings. The van der Waals surface area contributed by atoms with Crippen LogP contribution in [0.5, 0.6) is 0 Å². The third-order valence-corrected chi connectivity index (χ3v) is 5.52. The molecule has 1 saturated heterocycles. The Labute approximate surface area is 142 Å². The zero-order valence-corrected chi connectivity index (χ0v) is 14.3. The Morgan fingerprint density at radius 1 is 1.38 bits per heavy atom. The summed E-state index contributed by atoms with van der Waals surface area (Å²) in [4.78, 5) is 12.1. The summed E-state index contributed by atoms with van der Waals surface area (Å²) < 4.78 is 10.2. The molecule has 1 aliphatic rings. The molecule has 0 unspecified atom stereocenters. The number of ether oxygens (including phenoxy) is 1. The van der Waals surface area contributed by atoms with Crippen LogP contribution in [-0.4, -0.2) is 38.0 Å². The molecule has 3 aromatic rings. The van der Waals surface area contributed by atoms with Crippen LogP contribution >= 0.6 is 11.3 Å². The summed E-state index contributed by atoms with van der Waals surface area (Å²) in [6, 6.07) is 3.67. The van der Waals surface area contributed by atoms with Gasteiger partial charge in [-0.05, 0) is 47.6 Å². The Morgan fingerprint density at radius 3 is 3.04 bits per heavy atom. The third kappa shape index (κ3) is 2.87. The molecule has 0 N–H and O–H groups in total. The van der Waals surface area contributed by atoms with Gasteiger partial charge in [-0.2, -0.15) is 0 Å². The van der Waals surface area contributed by atoms with Gasteiger partial charge in [0, 0.05) is 31.5 Å². The Hall–Kier alpha value is -2.06. The topological polar surface area (TPSA) is 74.8 Å². The number of rotatable bonds is 4. The molecule has 0 spiro atoms. The minimum Gasteiger partial charge on any atom is -0.381 e. The summed E-state index contributed by atoms with van der Waals surface area (Å²) in [5.74, 6) is 1.37. The van der Waals surface area contributed by atoms with E-state index in [0.717, 1.165) is 54.3 Å². The zero-order valence-electron chi connectivity index (χ0n) is 13.5. The molecular formula is C16H19N5O2S. The Morgan fingerprint density at radius 2 is 2.21 bits per heavy atom. The lowest BCUT2D eigenvalue weighted by molar-refractivity contribution is 0.0596. The standard InChI is InChI=1S/C16H19N5O2S/c1-11-8-14(22)16-13(4-7-24-16)20(11)10-15-17-18-19-21(15)9-12-2-5-23-6-3-12/h4,7-8,12H,2-3,5-6,9-10H2,1H3. The molecule has 4 rings (SSSR count). The van der Waals surface area contributed by atoms with E-state index in [1.165, 1.54) is 11.3 Å². The highest BCUT2D eigenvalue weighted by molar-refractivity contribution is 7.17. The van der Waals surface area contributed by atoms with E-state index in [9.17, 15) is 4.79 Å². The fourth-order valence-electron chi connectivity index (χ4n) is 3.23. The average Bonchev–Trinajstić information content (AvgIpc) is 3.22. The summed E-state index contributed by atoms with van der Waals surface area (Å²) >= 11 is 1.48. The first kappa shape index (κ1) is 15.5. The van der Waals surface area contributed by atoms with Crippen molar-refractivity contribution in [3.05, 3.63) is 39.3 Å². The van der Waals surface area contributed by atoms with Gasteiger partial charge in [-0.25, -0.2) is 4.68 Å². The van der Waals surface area contributed by atoms with E-state index >= 15 is 0 Å². The number of thiophene rings is 1. The molecule has 8 heteroatoms. The first-order chi connectivity index (χ1) is 11.7. The number of pyridine rings is 1. The summed E-state index contributed by atoms with van der Waals surface area (Å²) in [6.45, 7) is 4.96. The van der Waals surface area contributed by atoms with E-state index in [0.29, 0.717) is 12.5 Å². The van der Waals surface area contributed by atoms with Crippen molar-refractivity contribution >= 4 is 21.6 Å². The van der Waals surface area contributed by atoms with Crippen molar-refractivity contribution in [2.24, 2.45) is 5.92 Å². The molecular weight excluding hydrogens is 326 g/mol. The van der Waals surface area contributed by atoms with Gasteiger partial charge in [0.05, 0.1) is 16.8 Å². The first-order valence-corrected chi connectivity index (χ1v) is 9.01. The minimum atomic E-state index is 0.0792. The molecule has 0 radical (unpaired) electrons. The molecule has 1 aliphatic heterocycles. The largest absolute Gasteiger partial charge is 0.381 e. The van der Waals surface area contributed by atoms with Crippen LogP contribution in [0.25, 0.3) is 10.2 Å². The van der Waals surface area contributed by atoms with Gasteiger partial charge in [-0.3, -0.25) is 4.79 Å². The second-order valence-corrected chi connectivity index (χ2v) is 7.12. The second kappa shape index (κ2) is 6.45. The van der Waals surface area contributed by atoms with Crippen molar-refractivity contribution in [2.75, 3.05) is 13.2 Å². The Bertz CT molecular complexity index is 907. The predicted octanol–water partition coefficient (Wildman–Crippen LogP) is 1.83. The normalized spacial score (nSPS) is 16.0. The van der Waals surface area contributed by atoms with Crippen molar-refractivity contribution in [3.8, 4) is 0 Å². The fourth-order valence-corrected chi connectivity index (χ4v) is 4.03. The van der Waals surface area contributed by atoms with Crippen LogP contribution < -0.4 is 5.43 Å². The molecule has 0 saturated carbocycles. The van der Waals surface area contributed by atoms with Crippen LogP contribution in [0, 0.1) is 12.8 Å². The maximum Gasteiger partial charge on any atom is 0.199 e. The van der Waals surface area contributed by atoms with Gasteiger partial charge < -0.3 is 9.30 Å². The summed E-state index contributed by atoms with van der Waals surface area (Å²) in [7, 11) is 0. The molecule has 0 aliphatic carbocycles. The Balaban J connectivity index is 1.64. The van der Waals surface area contributed by atoms with Crippen LogP contribution in [0.15, 0.2) is 22.3 Å². The maximum atomic E-state index is 12.1. The van der Waals surface area contributed by atoms with Crippen molar-refractivity contribution in [1.29, 1.82) is 0 Å². The number of nitrogens with zero attached hydrogens (tertiary/aromatic N) is 5. The average molecular weight is 345 g/mol. The molecule has 0 atom stereocenters. The summed E-state index contributed by atoms with van der Waals surface area (Å²) in [6.07, 6.45) is 2.09. The molecule has 24 heavy (non-hydrogen) atoms. The predicted molar refractivity (Wildman–Crippen MR) is 91.3 cm³/mol. The SMILES string of the molecule is Cc1cc(=O)c2sccc2n1Cc1nnnn1CC1CCOCC1. The van der Waals surface area contributed by atoms with Gasteiger partial charge >= 0.3 is 0 Å². The smallest absolute Gasteiger partial charge is 0.199 e. The van der Waals surface area contributed by atoms with Crippen molar-refractivity contribution in [1.82, 2.24) is 24.8 Å². The molecule has 0 amide bonds. The van der Waals surface area contributed by atoms with Gasteiger partial charge in [0.1, 0.15) is 0 Å². The van der Waals surface area contributed by atoms with E-state index in [4.69, 9.17) is 4.74 Å². The van der Waals surface area contributed by atoms with Crippen molar-refractivity contribution < 1.29 is 4.74 Å². The second-order valence-electron chi connectivity index (χ2n) is 6.20. The number of fused-ring (bicyclic) bond motifs is 1. The highest BCUT2D eigenvalue weighted by Gasteiger charge is 2.18. The molecule has 0 bridgehead atoms. The molecule has 126 valence electrons. The molecule has 0 aromatic carbocycles. The lowest BCUT2D eigenvalue weighted by atomic mass is 10.0. The highest BCUT2D eigenvalue weighted by atomic mass is 32.1. The minimum absolute atomic E-state index is 0.0792. The number of tetrazole rings is 1. The van der Waals surface area contributed by atoms with E-state index in [2.05, 4.69) is 20.1 Å². The van der Waals surface area contributed by atoms with E-state index < -0.39 is 0 Å². The quantitative estimate of drug-likeness (QED) is 0.721. The van der Waals surface area contributed by atoms with Crippen LogP contribution in [0.1, 0.15) is 24.4 Å². The van der Waals surface area contributed by atoms with Crippen LogP contribution in [0.3, 0.4) is 0 Å². The van der Waals surface area contributed by atoms with Gasteiger partial charge in [-0.1, -0.05) is 0 Å². The van der Waals surface area contributed by atoms with E-state index in [1.54, 1.807) is 6.07 Å². The lowest BCUT2D eigenvalue weighted by Crippen LogP contribution is -2.23. The third-order valence-electron chi connectivity index (χ3n) is 4.60. The number of hydrogen-bond donors (Lipinski definition) is 0. The van der Waals surface area contributed by atoms with Gasteiger partial charge in [0.2, 0.25) is 0 Å². The molecule has 3 aromatic heterocycles. The number of aromatic nitrogens is 5. The van der Waals surface area contributed by atoms with Crippen LogP contribution in [0.4, 0.5) is 0 Å². The Kier molecular flexibility index (Phi) is 4.15. The maximum absolute atomic E-state index is 12.1. The highest BCUT2D eigenvalue weighted by Crippen LogP contribution is 2.20. The fraction of sp³-hybridized carbons (Fsp3) is 0.500. The van der Waals surface area contributed by atoms with E-state index in [1.807, 2.05) is 23.1 Å². The van der Waals surface area contributed by atoms with Crippen LogP contribution in [-0.2, 0) is 17.8 Å². The summed E-state index contributed by atoms with van der Waals surface area (Å²) in [5.41, 5.74) is 1.95. The van der Waals surface area contributed by atoms with Gasteiger partial charge in [0.25, 0.3) is 0 Å². The van der Waals surface area contributed by atoms with Gasteiger partial charge in [-0.15, -0.1) is 16.4 Å². The lowest BCUT2D eigenvalue weighted by Gasteiger charge is -2.22. The number of aryl methyl sites for hydroxylation is 1. The van der Waals surface area contributed by atoms with E-state index in [-0.39, 0.29) is 5.43 Å². The first-order valence-electron chi connectivity index (χ1n) is 8.13. The monoisotopic (exact) mass is 345 g/mol. The van der Waals surface area contributed by atoms with Crippen molar-refractivity contribution in [3.63, 3.8) is 0 Å². The number of hydrogen-bond acceptors (Lipinski definition) is 6.